The maximum Gasteiger partial charge on any atom is 0.188 e. The van der Waals surface area contributed by atoms with E-state index in [1.54, 1.807) is 0 Å². The highest BCUT2D eigenvalue weighted by atomic mass is 28.4. The Bertz CT molecular complexity index is 232. The third-order valence-corrected chi connectivity index (χ3v) is 8.57. The molecule has 0 aromatic carbocycles. The van der Waals surface area contributed by atoms with Gasteiger partial charge < -0.3 is 4.80 Å². The summed E-state index contributed by atoms with van der Waals surface area (Å²) in [6, 6.07) is 0. The second-order valence-corrected chi connectivity index (χ2v) is 12.3. The van der Waals surface area contributed by atoms with E-state index < -0.39 is 8.32 Å². The fourth-order valence-corrected chi connectivity index (χ4v) is 2.93. The molecule has 0 aromatic heterocycles. The van der Waals surface area contributed by atoms with Crippen LogP contribution in [-0.2, 0) is 0 Å². The topological polar surface area (TPSA) is 20.2 Å². The average molecular weight is 244 g/mol. The van der Waals surface area contributed by atoms with Crippen LogP contribution in [0.5, 0.6) is 0 Å². The first kappa shape index (κ1) is 16.2. The first-order valence-electron chi connectivity index (χ1n) is 6.49. The van der Waals surface area contributed by atoms with Crippen LogP contribution in [0.1, 0.15) is 61.3 Å². The van der Waals surface area contributed by atoms with Crippen LogP contribution in [0.15, 0.2) is 0 Å². The number of hydrogen-bond acceptors (Lipinski definition) is 1. The van der Waals surface area contributed by atoms with Gasteiger partial charge in [-0.2, -0.15) is 0 Å². The molecular weight excluding hydrogens is 212 g/mol. The summed E-state index contributed by atoms with van der Waals surface area (Å²) in [4.78, 5) is 10.4. The molecule has 1 nitrogen and oxygen atoms in total. The molecule has 0 heterocycles. The van der Waals surface area contributed by atoms with Crippen molar-refractivity contribution < 1.29 is 4.80 Å². The van der Waals surface area contributed by atoms with Crippen molar-refractivity contribution in [2.24, 2.45) is 10.8 Å². The van der Waals surface area contributed by atoms with Crippen LogP contribution in [0, 0.1) is 10.8 Å². The molecule has 2 heteroatoms. The van der Waals surface area contributed by atoms with E-state index in [2.05, 4.69) is 61.6 Å². The van der Waals surface area contributed by atoms with E-state index in [4.69, 9.17) is 0 Å². The van der Waals surface area contributed by atoms with E-state index in [-0.39, 0.29) is 5.04 Å². The predicted octanol–water partition coefficient (Wildman–Crippen LogP) is 4.82. The second-order valence-electron chi connectivity index (χ2n) is 7.78. The standard InChI is InChI=1S/C14H32OSi/c1-10-14(7,12(2,3)4)11-13(5,6)16(8,9)15/h15H,10-11H2,1-9H3. The number of hydrogen-bond donors (Lipinski definition) is 1. The average Bonchev–Trinajstić information content (AvgIpc) is 1.99. The summed E-state index contributed by atoms with van der Waals surface area (Å²) in [5.74, 6) is 0. The molecule has 0 amide bonds. The summed E-state index contributed by atoms with van der Waals surface area (Å²) < 4.78 is 0. The van der Waals surface area contributed by atoms with Gasteiger partial charge in [0.1, 0.15) is 0 Å². The van der Waals surface area contributed by atoms with Gasteiger partial charge >= 0.3 is 0 Å². The maximum atomic E-state index is 10.4. The van der Waals surface area contributed by atoms with Gasteiger partial charge in [-0.15, -0.1) is 0 Å². The van der Waals surface area contributed by atoms with Crippen molar-refractivity contribution >= 4 is 8.32 Å². The first-order chi connectivity index (χ1) is 6.77. The van der Waals surface area contributed by atoms with Gasteiger partial charge in [0.15, 0.2) is 8.32 Å². The Hall–Kier alpha value is 0.177. The first-order valence-corrected chi connectivity index (χ1v) is 9.44. The third-order valence-electron chi connectivity index (χ3n) is 5.08. The predicted molar refractivity (Wildman–Crippen MR) is 76.2 cm³/mol. The van der Waals surface area contributed by atoms with E-state index >= 15 is 0 Å². The maximum absolute atomic E-state index is 10.4. The lowest BCUT2D eigenvalue weighted by atomic mass is 9.62. The molecule has 0 radical (unpaired) electrons. The van der Waals surface area contributed by atoms with Crippen LogP contribution in [0.3, 0.4) is 0 Å². The Morgan fingerprint density at radius 3 is 1.50 bits per heavy atom. The second kappa shape index (κ2) is 4.45. The minimum Gasteiger partial charge on any atom is -0.432 e. The van der Waals surface area contributed by atoms with Crippen molar-refractivity contribution in [2.45, 2.75) is 79.4 Å². The Morgan fingerprint density at radius 2 is 1.31 bits per heavy atom. The molecule has 0 rings (SSSR count). The lowest BCUT2D eigenvalue weighted by molar-refractivity contribution is 0.0744. The number of rotatable bonds is 4. The van der Waals surface area contributed by atoms with E-state index in [0.29, 0.717) is 10.8 Å². The van der Waals surface area contributed by atoms with Crippen LogP contribution >= 0.6 is 0 Å². The molecule has 0 aliphatic heterocycles. The van der Waals surface area contributed by atoms with E-state index in [1.807, 2.05) is 0 Å². The molecule has 16 heavy (non-hydrogen) atoms. The highest BCUT2D eigenvalue weighted by molar-refractivity contribution is 6.72. The summed E-state index contributed by atoms with van der Waals surface area (Å²) in [6.07, 6.45) is 2.28. The van der Waals surface area contributed by atoms with Crippen LogP contribution in [0.2, 0.25) is 18.1 Å². The van der Waals surface area contributed by atoms with Gasteiger partial charge in [-0.1, -0.05) is 54.9 Å². The lowest BCUT2D eigenvalue weighted by Gasteiger charge is -2.49. The zero-order chi connectivity index (χ0) is 13.4. The Kier molecular flexibility index (Phi) is 4.50. The molecule has 1 atom stereocenters. The lowest BCUT2D eigenvalue weighted by Crippen LogP contribution is -2.45. The van der Waals surface area contributed by atoms with Gasteiger partial charge in [0, 0.05) is 0 Å². The molecule has 0 aliphatic carbocycles. The van der Waals surface area contributed by atoms with Gasteiger partial charge in [-0.3, -0.25) is 0 Å². The Labute approximate surface area is 104 Å². The van der Waals surface area contributed by atoms with Crippen molar-refractivity contribution in [1.29, 1.82) is 0 Å². The van der Waals surface area contributed by atoms with Gasteiger partial charge in [0.05, 0.1) is 0 Å². The SMILES string of the molecule is CCC(C)(CC(C)(C)[Si](C)(C)O)C(C)(C)C. The van der Waals surface area contributed by atoms with Gasteiger partial charge in [0.2, 0.25) is 0 Å². The Balaban J connectivity index is 5.08. The quantitative estimate of drug-likeness (QED) is 0.703. The molecule has 0 aliphatic rings. The van der Waals surface area contributed by atoms with Crippen molar-refractivity contribution in [3.63, 3.8) is 0 Å². The summed E-state index contributed by atoms with van der Waals surface area (Å²) in [6.45, 7) is 20.2. The molecule has 1 unspecified atom stereocenters. The summed E-state index contributed by atoms with van der Waals surface area (Å²) in [5.41, 5.74) is 0.585. The summed E-state index contributed by atoms with van der Waals surface area (Å²) in [5, 5.41) is 0.0744. The minimum absolute atomic E-state index is 0.0744. The smallest absolute Gasteiger partial charge is 0.188 e. The van der Waals surface area contributed by atoms with Crippen LogP contribution < -0.4 is 0 Å². The molecule has 0 bridgehead atoms. The van der Waals surface area contributed by atoms with Crippen LogP contribution in [0.25, 0.3) is 0 Å². The zero-order valence-electron chi connectivity index (χ0n) is 12.9. The van der Waals surface area contributed by atoms with Crippen molar-refractivity contribution in [2.75, 3.05) is 0 Å². The summed E-state index contributed by atoms with van der Waals surface area (Å²) in [7, 11) is -2.09. The Morgan fingerprint density at radius 1 is 0.938 bits per heavy atom. The molecule has 1 N–H and O–H groups in total. The highest BCUT2D eigenvalue weighted by Gasteiger charge is 2.46. The summed E-state index contributed by atoms with van der Waals surface area (Å²) >= 11 is 0. The van der Waals surface area contributed by atoms with Crippen molar-refractivity contribution in [3.05, 3.63) is 0 Å². The van der Waals surface area contributed by atoms with E-state index in [9.17, 15) is 4.80 Å². The normalized spacial score (nSPS) is 18.4. The molecule has 0 saturated carbocycles. The van der Waals surface area contributed by atoms with E-state index in [1.165, 1.54) is 6.42 Å². The minimum atomic E-state index is -2.09. The van der Waals surface area contributed by atoms with Crippen LogP contribution in [-0.4, -0.2) is 13.1 Å². The van der Waals surface area contributed by atoms with Crippen molar-refractivity contribution in [3.8, 4) is 0 Å². The van der Waals surface area contributed by atoms with Crippen LogP contribution in [0.4, 0.5) is 0 Å². The van der Waals surface area contributed by atoms with Crippen molar-refractivity contribution in [1.82, 2.24) is 0 Å². The third kappa shape index (κ3) is 3.33. The van der Waals surface area contributed by atoms with Gasteiger partial charge in [-0.05, 0) is 35.4 Å². The molecule has 0 spiro atoms. The molecule has 0 aromatic rings. The molecule has 0 saturated heterocycles. The zero-order valence-corrected chi connectivity index (χ0v) is 13.9. The van der Waals surface area contributed by atoms with Gasteiger partial charge in [0.25, 0.3) is 0 Å². The fourth-order valence-electron chi connectivity index (χ4n) is 2.11. The molecule has 0 fully saturated rings. The largest absolute Gasteiger partial charge is 0.432 e. The monoisotopic (exact) mass is 244 g/mol. The van der Waals surface area contributed by atoms with E-state index in [0.717, 1.165) is 6.42 Å². The highest BCUT2D eigenvalue weighted by Crippen LogP contribution is 2.53. The fraction of sp³-hybridized carbons (Fsp3) is 1.00. The molecular formula is C14H32OSi. The van der Waals surface area contributed by atoms with Gasteiger partial charge in [-0.25, -0.2) is 0 Å². The molecule has 98 valence electrons.